The van der Waals surface area contributed by atoms with Crippen molar-refractivity contribution < 1.29 is 14.4 Å². The predicted molar refractivity (Wildman–Crippen MR) is 135 cm³/mol. The molecule has 2 aliphatic rings. The van der Waals surface area contributed by atoms with Crippen LogP contribution in [0, 0.1) is 22.7 Å². The number of nitriles is 1. The van der Waals surface area contributed by atoms with Crippen molar-refractivity contribution in [2.24, 2.45) is 17.1 Å². The number of nitrogens with two attached hydrogens (primary N) is 1. The molecule has 0 aromatic carbocycles. The van der Waals surface area contributed by atoms with Crippen LogP contribution in [-0.4, -0.2) is 63.4 Å². The van der Waals surface area contributed by atoms with Gasteiger partial charge in [0.15, 0.2) is 0 Å². The van der Waals surface area contributed by atoms with Gasteiger partial charge in [-0.25, -0.2) is 4.52 Å². The summed E-state index contributed by atoms with van der Waals surface area (Å²) in [6, 6.07) is 7.39. The first-order valence-electron chi connectivity index (χ1n) is 12.3. The fourth-order valence-corrected chi connectivity index (χ4v) is 4.98. The van der Waals surface area contributed by atoms with Crippen LogP contribution in [0.4, 0.5) is 5.69 Å². The SMILES string of the molecule is CC[C@H]1CN(C(=O)C2(C#N)CC2)C[C@H]1Nc1c(C(N)=O)cnn2cc(-c3ccc(C(=O)NC)nc3)cc12. The van der Waals surface area contributed by atoms with Crippen molar-refractivity contribution in [1.29, 1.82) is 5.26 Å². The molecule has 0 unspecified atom stereocenters. The van der Waals surface area contributed by atoms with Gasteiger partial charge in [-0.15, -0.1) is 0 Å². The lowest BCUT2D eigenvalue weighted by molar-refractivity contribution is -0.134. The molecule has 37 heavy (non-hydrogen) atoms. The Labute approximate surface area is 213 Å². The number of carbonyl (C=O) groups excluding carboxylic acids is 3. The Kier molecular flexibility index (Phi) is 6.03. The van der Waals surface area contributed by atoms with Crippen LogP contribution in [0.25, 0.3) is 16.6 Å². The summed E-state index contributed by atoms with van der Waals surface area (Å²) < 4.78 is 1.66. The first kappa shape index (κ1) is 24.2. The van der Waals surface area contributed by atoms with Crippen LogP contribution in [0.15, 0.2) is 36.8 Å². The molecule has 2 fully saturated rings. The van der Waals surface area contributed by atoms with E-state index in [1.165, 1.54) is 6.20 Å². The summed E-state index contributed by atoms with van der Waals surface area (Å²) in [5, 5.41) is 19.9. The Balaban J connectivity index is 1.48. The van der Waals surface area contributed by atoms with Gasteiger partial charge in [0.2, 0.25) is 5.91 Å². The van der Waals surface area contributed by atoms with Gasteiger partial charge in [0, 0.05) is 49.7 Å². The van der Waals surface area contributed by atoms with Gasteiger partial charge in [-0.1, -0.05) is 13.0 Å². The van der Waals surface area contributed by atoms with Gasteiger partial charge in [0.25, 0.3) is 11.8 Å². The first-order valence-corrected chi connectivity index (χ1v) is 12.3. The number of rotatable bonds is 7. The van der Waals surface area contributed by atoms with E-state index in [1.807, 2.05) is 12.3 Å². The molecule has 3 amide bonds. The lowest BCUT2D eigenvalue weighted by Gasteiger charge is -2.22. The Morgan fingerprint density at radius 3 is 2.59 bits per heavy atom. The molecule has 4 heterocycles. The van der Waals surface area contributed by atoms with Crippen molar-refractivity contribution >= 4 is 28.9 Å². The molecule has 1 saturated heterocycles. The lowest BCUT2D eigenvalue weighted by atomic mass is 10.00. The summed E-state index contributed by atoms with van der Waals surface area (Å²) in [6.07, 6.45) is 6.89. The molecular formula is C26H28N8O3. The van der Waals surface area contributed by atoms with E-state index in [2.05, 4.69) is 33.7 Å². The Morgan fingerprint density at radius 1 is 1.22 bits per heavy atom. The highest BCUT2D eigenvalue weighted by atomic mass is 16.2. The monoisotopic (exact) mass is 500 g/mol. The number of aromatic nitrogens is 3. The fourth-order valence-electron chi connectivity index (χ4n) is 4.98. The van der Waals surface area contributed by atoms with E-state index in [0.29, 0.717) is 42.8 Å². The number of primary amides is 1. The largest absolute Gasteiger partial charge is 0.378 e. The summed E-state index contributed by atoms with van der Waals surface area (Å²) >= 11 is 0. The van der Waals surface area contributed by atoms with Crippen LogP contribution in [0.3, 0.4) is 0 Å². The molecular weight excluding hydrogens is 472 g/mol. The van der Waals surface area contributed by atoms with Crippen molar-refractivity contribution in [3.05, 3.63) is 48.0 Å². The van der Waals surface area contributed by atoms with Crippen molar-refractivity contribution in [3.63, 3.8) is 0 Å². The number of pyridine rings is 1. The second-order valence-corrected chi connectivity index (χ2v) is 9.69. The molecule has 3 aromatic heterocycles. The van der Waals surface area contributed by atoms with Crippen molar-refractivity contribution in [1.82, 2.24) is 24.8 Å². The molecule has 11 heteroatoms. The minimum Gasteiger partial charge on any atom is -0.378 e. The third-order valence-corrected chi connectivity index (χ3v) is 7.41. The highest BCUT2D eigenvalue weighted by Crippen LogP contribution is 2.47. The number of anilines is 1. The van der Waals surface area contributed by atoms with Crippen LogP contribution in [0.2, 0.25) is 0 Å². The third-order valence-electron chi connectivity index (χ3n) is 7.41. The molecule has 11 nitrogen and oxygen atoms in total. The van der Waals surface area contributed by atoms with Gasteiger partial charge in [-0.3, -0.25) is 19.4 Å². The third kappa shape index (κ3) is 4.24. The fraction of sp³-hybridized carbons (Fsp3) is 0.385. The number of hydrogen-bond donors (Lipinski definition) is 3. The lowest BCUT2D eigenvalue weighted by Crippen LogP contribution is -2.36. The molecule has 1 saturated carbocycles. The number of carbonyl (C=O) groups is 3. The van der Waals surface area contributed by atoms with E-state index in [4.69, 9.17) is 5.73 Å². The van der Waals surface area contributed by atoms with Crippen molar-refractivity contribution in [2.45, 2.75) is 32.2 Å². The highest BCUT2D eigenvalue weighted by molar-refractivity contribution is 6.02. The molecule has 0 bridgehead atoms. The van der Waals surface area contributed by atoms with Gasteiger partial charge in [-0.05, 0) is 37.3 Å². The number of hydrogen-bond acceptors (Lipinski definition) is 7. The number of nitrogens with one attached hydrogen (secondary N) is 2. The number of fused-ring (bicyclic) bond motifs is 1. The van der Waals surface area contributed by atoms with E-state index >= 15 is 0 Å². The van der Waals surface area contributed by atoms with E-state index < -0.39 is 11.3 Å². The molecule has 0 radical (unpaired) electrons. The summed E-state index contributed by atoms with van der Waals surface area (Å²) in [5.41, 5.74) is 8.17. The smallest absolute Gasteiger partial charge is 0.269 e. The standard InChI is InChI=1S/C26H28N8O3/c1-3-15-11-33(25(37)26(14-27)6-7-26)13-20(15)32-22-18(23(28)35)10-31-34-12-17(8-21(22)34)16-4-5-19(30-9-16)24(36)29-2/h4-5,8-10,12,15,20,32H,3,6-7,11,13H2,1-2H3,(H2,28,35)(H,29,36)/t15-,20+/m0/s1. The molecule has 1 aliphatic carbocycles. The maximum Gasteiger partial charge on any atom is 0.269 e. The van der Waals surface area contributed by atoms with Crippen LogP contribution >= 0.6 is 0 Å². The Bertz CT molecular complexity index is 1430. The summed E-state index contributed by atoms with van der Waals surface area (Å²) in [7, 11) is 1.55. The number of nitrogens with zero attached hydrogens (tertiary/aromatic N) is 5. The number of amides is 3. The first-order chi connectivity index (χ1) is 17.8. The molecule has 0 spiro atoms. The van der Waals surface area contributed by atoms with E-state index in [0.717, 1.165) is 17.5 Å². The molecule has 2 atom stereocenters. The van der Waals surface area contributed by atoms with Crippen LogP contribution < -0.4 is 16.4 Å². The minimum atomic E-state index is -0.868. The second-order valence-electron chi connectivity index (χ2n) is 9.69. The van der Waals surface area contributed by atoms with Gasteiger partial charge in [0.1, 0.15) is 11.1 Å². The van der Waals surface area contributed by atoms with Crippen LogP contribution in [0.5, 0.6) is 0 Å². The molecule has 5 rings (SSSR count). The molecule has 4 N–H and O–H groups in total. The van der Waals surface area contributed by atoms with E-state index in [1.54, 1.807) is 34.8 Å². The summed E-state index contributed by atoms with van der Waals surface area (Å²) in [6.45, 7) is 3.05. The zero-order valence-corrected chi connectivity index (χ0v) is 20.7. The highest BCUT2D eigenvalue weighted by Gasteiger charge is 2.54. The zero-order valence-electron chi connectivity index (χ0n) is 20.7. The average Bonchev–Trinajstić information content (AvgIpc) is 3.42. The second kappa shape index (κ2) is 9.20. The van der Waals surface area contributed by atoms with E-state index in [9.17, 15) is 19.6 Å². The number of likely N-dealkylation sites (tertiary alicyclic amines) is 1. The molecule has 3 aromatic rings. The zero-order chi connectivity index (χ0) is 26.3. The summed E-state index contributed by atoms with van der Waals surface area (Å²) in [4.78, 5) is 43.2. The maximum absolute atomic E-state index is 13.0. The average molecular weight is 501 g/mol. The summed E-state index contributed by atoms with van der Waals surface area (Å²) in [5.74, 6) is -0.851. The van der Waals surface area contributed by atoms with Crippen LogP contribution in [-0.2, 0) is 4.79 Å². The minimum absolute atomic E-state index is 0.106. The topological polar surface area (TPSA) is 159 Å². The van der Waals surface area contributed by atoms with Gasteiger partial charge in [0.05, 0.1) is 29.0 Å². The van der Waals surface area contributed by atoms with Crippen LogP contribution in [0.1, 0.15) is 47.0 Å². The normalized spacial score (nSPS) is 19.9. The predicted octanol–water partition coefficient (Wildman–Crippen LogP) is 1.81. The molecule has 190 valence electrons. The van der Waals surface area contributed by atoms with Gasteiger partial charge < -0.3 is 21.3 Å². The Morgan fingerprint density at radius 2 is 2.00 bits per heavy atom. The Hall–Kier alpha value is -4.46. The quantitative estimate of drug-likeness (QED) is 0.446. The van der Waals surface area contributed by atoms with E-state index in [-0.39, 0.29) is 29.3 Å². The molecule has 1 aliphatic heterocycles. The van der Waals surface area contributed by atoms with Gasteiger partial charge >= 0.3 is 0 Å². The van der Waals surface area contributed by atoms with Crippen molar-refractivity contribution in [3.8, 4) is 17.2 Å². The van der Waals surface area contributed by atoms with Crippen molar-refractivity contribution in [2.75, 3.05) is 25.5 Å². The maximum atomic E-state index is 13.0. The van der Waals surface area contributed by atoms with Gasteiger partial charge in [-0.2, -0.15) is 10.4 Å².